The minimum Gasteiger partial charge on any atom is -0.453 e. The maximum atomic E-state index is 9.61. The Morgan fingerprint density at radius 3 is 3.00 bits per heavy atom. The van der Waals surface area contributed by atoms with E-state index in [1.54, 1.807) is 0 Å². The van der Waals surface area contributed by atoms with Crippen molar-refractivity contribution in [1.29, 1.82) is 0 Å². The van der Waals surface area contributed by atoms with Gasteiger partial charge in [0.15, 0.2) is 4.67 Å². The Morgan fingerprint density at radius 2 is 2.40 bits per heavy atom. The summed E-state index contributed by atoms with van der Waals surface area (Å²) in [4.78, 5) is 2.32. The summed E-state index contributed by atoms with van der Waals surface area (Å²) in [6.45, 7) is 4.82. The van der Waals surface area contributed by atoms with Crippen molar-refractivity contribution in [1.82, 2.24) is 4.90 Å². The topological polar surface area (TPSA) is 36.6 Å². The van der Waals surface area contributed by atoms with E-state index in [4.69, 9.17) is 4.42 Å². The van der Waals surface area contributed by atoms with Crippen LogP contribution in [0.1, 0.15) is 19.1 Å². The van der Waals surface area contributed by atoms with E-state index in [1.807, 2.05) is 12.1 Å². The van der Waals surface area contributed by atoms with Gasteiger partial charge in [-0.05, 0) is 40.4 Å². The zero-order chi connectivity index (χ0) is 10.8. The number of likely N-dealkylation sites (tertiary alicyclic amines) is 1. The maximum absolute atomic E-state index is 9.61. The van der Waals surface area contributed by atoms with Crippen LogP contribution in [0.25, 0.3) is 0 Å². The van der Waals surface area contributed by atoms with Crippen LogP contribution in [0.3, 0.4) is 0 Å². The first-order valence-electron chi connectivity index (χ1n) is 5.30. The number of rotatable bonds is 2. The summed E-state index contributed by atoms with van der Waals surface area (Å²) in [5.41, 5.74) is 0. The lowest BCUT2D eigenvalue weighted by atomic mass is 9.97. The molecule has 0 amide bonds. The Morgan fingerprint density at radius 1 is 1.60 bits per heavy atom. The molecule has 1 fully saturated rings. The fraction of sp³-hybridized carbons (Fsp3) is 0.636. The van der Waals surface area contributed by atoms with E-state index in [2.05, 4.69) is 27.8 Å². The summed E-state index contributed by atoms with van der Waals surface area (Å²) in [5.74, 6) is 1.34. The Hall–Kier alpha value is -0.320. The number of halogens is 1. The summed E-state index contributed by atoms with van der Waals surface area (Å²) in [7, 11) is 0. The highest BCUT2D eigenvalue weighted by atomic mass is 79.9. The number of hydrogen-bond acceptors (Lipinski definition) is 3. The fourth-order valence-electron chi connectivity index (χ4n) is 2.02. The van der Waals surface area contributed by atoms with Crippen LogP contribution in [0.5, 0.6) is 0 Å². The van der Waals surface area contributed by atoms with Crippen molar-refractivity contribution in [3.05, 3.63) is 22.6 Å². The van der Waals surface area contributed by atoms with E-state index >= 15 is 0 Å². The number of piperidine rings is 1. The van der Waals surface area contributed by atoms with Crippen molar-refractivity contribution in [2.24, 2.45) is 5.92 Å². The van der Waals surface area contributed by atoms with Crippen molar-refractivity contribution in [2.45, 2.75) is 26.0 Å². The number of aliphatic hydroxyl groups is 1. The van der Waals surface area contributed by atoms with Crippen LogP contribution in [-0.4, -0.2) is 29.2 Å². The largest absolute Gasteiger partial charge is 0.453 e. The number of aliphatic hydroxyl groups excluding tert-OH is 1. The van der Waals surface area contributed by atoms with E-state index in [0.29, 0.717) is 5.92 Å². The van der Waals surface area contributed by atoms with Crippen LogP contribution in [-0.2, 0) is 6.54 Å². The zero-order valence-corrected chi connectivity index (χ0v) is 10.4. The molecule has 2 atom stereocenters. The zero-order valence-electron chi connectivity index (χ0n) is 8.82. The summed E-state index contributed by atoms with van der Waals surface area (Å²) in [5, 5.41) is 9.61. The quantitative estimate of drug-likeness (QED) is 0.898. The molecule has 2 unspecified atom stereocenters. The molecule has 0 aromatic carbocycles. The van der Waals surface area contributed by atoms with E-state index in [9.17, 15) is 5.11 Å². The van der Waals surface area contributed by atoms with E-state index in [0.717, 1.165) is 36.5 Å². The summed E-state index contributed by atoms with van der Waals surface area (Å²) in [6.07, 6.45) is 0.729. The predicted octanol–water partition coefficient (Wildman–Crippen LogP) is 2.24. The molecule has 0 saturated carbocycles. The van der Waals surface area contributed by atoms with Gasteiger partial charge in [-0.1, -0.05) is 6.92 Å². The molecular weight excluding hydrogens is 258 g/mol. The second-order valence-electron chi connectivity index (χ2n) is 4.27. The third-order valence-corrected chi connectivity index (χ3v) is 3.38. The third kappa shape index (κ3) is 2.83. The standard InChI is InChI=1S/C11H16BrNO2/c1-8-6-13(5-4-10(8)14)7-9-2-3-11(12)15-9/h2-3,8,10,14H,4-7H2,1H3. The van der Waals surface area contributed by atoms with Gasteiger partial charge in [-0.3, -0.25) is 4.90 Å². The average molecular weight is 274 g/mol. The SMILES string of the molecule is CC1CN(Cc2ccc(Br)o2)CCC1O. The second kappa shape index (κ2) is 4.68. The smallest absolute Gasteiger partial charge is 0.169 e. The normalized spacial score (nSPS) is 28.2. The van der Waals surface area contributed by atoms with Crippen molar-refractivity contribution in [2.75, 3.05) is 13.1 Å². The first kappa shape index (κ1) is 11.2. The highest BCUT2D eigenvalue weighted by molar-refractivity contribution is 9.10. The lowest BCUT2D eigenvalue weighted by molar-refractivity contribution is 0.0295. The van der Waals surface area contributed by atoms with Gasteiger partial charge in [-0.2, -0.15) is 0 Å². The van der Waals surface area contributed by atoms with Gasteiger partial charge in [-0.25, -0.2) is 0 Å². The van der Waals surface area contributed by atoms with Gasteiger partial charge in [0.05, 0.1) is 12.6 Å². The van der Waals surface area contributed by atoms with Gasteiger partial charge in [0.1, 0.15) is 5.76 Å². The molecular formula is C11H16BrNO2. The first-order valence-corrected chi connectivity index (χ1v) is 6.09. The highest BCUT2D eigenvalue weighted by Crippen LogP contribution is 2.20. The van der Waals surface area contributed by atoms with Crippen molar-refractivity contribution in [3.8, 4) is 0 Å². The van der Waals surface area contributed by atoms with Gasteiger partial charge >= 0.3 is 0 Å². The Kier molecular flexibility index (Phi) is 3.49. The monoisotopic (exact) mass is 273 g/mol. The number of hydrogen-bond donors (Lipinski definition) is 1. The lowest BCUT2D eigenvalue weighted by Gasteiger charge is -2.33. The molecule has 1 N–H and O–H groups in total. The van der Waals surface area contributed by atoms with Gasteiger partial charge in [-0.15, -0.1) is 0 Å². The minimum absolute atomic E-state index is 0.135. The molecule has 84 valence electrons. The molecule has 0 aliphatic carbocycles. The third-order valence-electron chi connectivity index (χ3n) is 2.95. The van der Waals surface area contributed by atoms with Gasteiger partial charge in [0.25, 0.3) is 0 Å². The van der Waals surface area contributed by atoms with Gasteiger partial charge in [0.2, 0.25) is 0 Å². The van der Waals surface area contributed by atoms with E-state index < -0.39 is 0 Å². The van der Waals surface area contributed by atoms with E-state index in [-0.39, 0.29) is 6.10 Å². The van der Waals surface area contributed by atoms with Crippen LogP contribution in [0.4, 0.5) is 0 Å². The van der Waals surface area contributed by atoms with Crippen molar-refractivity contribution >= 4 is 15.9 Å². The Labute approximate surface area is 98.2 Å². The molecule has 1 aromatic rings. The summed E-state index contributed by atoms with van der Waals surface area (Å²) in [6, 6.07) is 3.90. The Balaban J connectivity index is 1.90. The molecule has 1 aliphatic rings. The molecule has 4 heteroatoms. The minimum atomic E-state index is -0.135. The molecule has 2 heterocycles. The van der Waals surface area contributed by atoms with Gasteiger partial charge < -0.3 is 9.52 Å². The number of nitrogens with zero attached hydrogens (tertiary/aromatic N) is 1. The molecule has 0 bridgehead atoms. The van der Waals surface area contributed by atoms with Crippen LogP contribution in [0.2, 0.25) is 0 Å². The number of furan rings is 1. The fourth-order valence-corrected chi connectivity index (χ4v) is 2.36. The van der Waals surface area contributed by atoms with Gasteiger partial charge in [0, 0.05) is 13.1 Å². The van der Waals surface area contributed by atoms with Crippen LogP contribution in [0.15, 0.2) is 21.2 Å². The summed E-state index contributed by atoms with van der Waals surface area (Å²) < 4.78 is 6.24. The second-order valence-corrected chi connectivity index (χ2v) is 5.06. The van der Waals surface area contributed by atoms with Crippen LogP contribution >= 0.6 is 15.9 Å². The lowest BCUT2D eigenvalue weighted by Crippen LogP contribution is -2.41. The molecule has 1 aromatic heterocycles. The summed E-state index contributed by atoms with van der Waals surface area (Å²) >= 11 is 3.29. The maximum Gasteiger partial charge on any atom is 0.169 e. The average Bonchev–Trinajstić information content (AvgIpc) is 2.58. The van der Waals surface area contributed by atoms with E-state index in [1.165, 1.54) is 0 Å². The van der Waals surface area contributed by atoms with Crippen molar-refractivity contribution < 1.29 is 9.52 Å². The van der Waals surface area contributed by atoms with Crippen LogP contribution < -0.4 is 0 Å². The molecule has 0 radical (unpaired) electrons. The first-order chi connectivity index (χ1) is 7.15. The molecule has 1 saturated heterocycles. The molecule has 2 rings (SSSR count). The molecule has 0 spiro atoms. The molecule has 3 nitrogen and oxygen atoms in total. The van der Waals surface area contributed by atoms with Crippen molar-refractivity contribution in [3.63, 3.8) is 0 Å². The predicted molar refractivity (Wildman–Crippen MR) is 61.5 cm³/mol. The van der Waals surface area contributed by atoms with Crippen LogP contribution in [0, 0.1) is 5.92 Å². The molecule has 15 heavy (non-hydrogen) atoms. The Bertz CT molecular complexity index is 326. The molecule has 1 aliphatic heterocycles. The highest BCUT2D eigenvalue weighted by Gasteiger charge is 2.24.